The summed E-state index contributed by atoms with van der Waals surface area (Å²) in [5.74, 6) is 4.27. The molecule has 2 aromatic rings. The Bertz CT molecular complexity index is 867. The van der Waals surface area contributed by atoms with E-state index in [1.54, 1.807) is 0 Å². The van der Waals surface area contributed by atoms with Gasteiger partial charge in [-0.3, -0.25) is 9.80 Å². The summed E-state index contributed by atoms with van der Waals surface area (Å²) >= 11 is 8.79. The lowest BCUT2D eigenvalue weighted by Gasteiger charge is -2.36. The third-order valence-electron chi connectivity index (χ3n) is 6.64. The third-order valence-corrected chi connectivity index (χ3v) is 7.04. The molecule has 0 aliphatic carbocycles. The molecule has 2 aromatic carbocycles. The van der Waals surface area contributed by atoms with Crippen molar-refractivity contribution in [3.63, 3.8) is 0 Å². The molecule has 0 N–H and O–H groups in total. The predicted molar refractivity (Wildman–Crippen MR) is 138 cm³/mol. The number of benzene rings is 2. The van der Waals surface area contributed by atoms with Crippen molar-refractivity contribution in [1.82, 2.24) is 9.80 Å². The minimum atomic E-state index is -0.0874. The van der Waals surface area contributed by atoms with Crippen LogP contribution in [-0.4, -0.2) is 47.9 Å². The number of thiol groups is 2. The highest BCUT2D eigenvalue weighted by molar-refractivity contribution is 7.80. The van der Waals surface area contributed by atoms with Gasteiger partial charge < -0.3 is 9.47 Å². The van der Waals surface area contributed by atoms with Crippen LogP contribution in [0.5, 0.6) is 11.5 Å². The first-order chi connectivity index (χ1) is 15.4. The van der Waals surface area contributed by atoms with Gasteiger partial charge in [-0.15, -0.1) is 0 Å². The molecule has 0 bridgehead atoms. The number of hydrogen-bond donors (Lipinski definition) is 2. The highest BCUT2D eigenvalue weighted by atomic mass is 32.1. The normalized spacial score (nSPS) is 16.9. The monoisotopic (exact) mass is 472 g/mol. The summed E-state index contributed by atoms with van der Waals surface area (Å²) in [7, 11) is 0. The van der Waals surface area contributed by atoms with E-state index in [1.165, 1.54) is 22.3 Å². The molecule has 2 heterocycles. The minimum Gasteiger partial charge on any atom is -0.478 e. The van der Waals surface area contributed by atoms with E-state index in [0.717, 1.165) is 55.6 Å². The fourth-order valence-electron chi connectivity index (χ4n) is 5.06. The van der Waals surface area contributed by atoms with Gasteiger partial charge >= 0.3 is 0 Å². The fraction of sp³-hybridized carbons (Fsp3) is 0.538. The Morgan fingerprint density at radius 3 is 1.72 bits per heavy atom. The zero-order valence-corrected chi connectivity index (χ0v) is 21.3. The summed E-state index contributed by atoms with van der Waals surface area (Å²) in [6, 6.07) is 13.6. The van der Waals surface area contributed by atoms with Gasteiger partial charge in [0.05, 0.1) is 0 Å². The number of rotatable bonds is 8. The Morgan fingerprint density at radius 1 is 0.844 bits per heavy atom. The number of nitrogens with zero attached hydrogens (tertiary/aromatic N) is 2. The fourth-order valence-corrected chi connectivity index (χ4v) is 5.62. The molecule has 0 radical (unpaired) electrons. The van der Waals surface area contributed by atoms with Crippen molar-refractivity contribution in [1.29, 1.82) is 0 Å². The van der Waals surface area contributed by atoms with Crippen LogP contribution in [-0.2, 0) is 18.5 Å². The average Bonchev–Trinajstić information content (AvgIpc) is 2.78. The Kier molecular flexibility index (Phi) is 7.65. The van der Waals surface area contributed by atoms with E-state index in [1.807, 2.05) is 0 Å². The molecular weight excluding hydrogens is 436 g/mol. The van der Waals surface area contributed by atoms with Crippen molar-refractivity contribution in [3.8, 4) is 11.5 Å². The van der Waals surface area contributed by atoms with Gasteiger partial charge in [-0.25, -0.2) is 0 Å². The molecule has 4 nitrogen and oxygen atoms in total. The zero-order valence-electron chi connectivity index (χ0n) is 19.5. The third kappa shape index (κ3) is 5.09. The van der Waals surface area contributed by atoms with Crippen LogP contribution < -0.4 is 9.47 Å². The van der Waals surface area contributed by atoms with E-state index < -0.39 is 0 Å². The maximum Gasteiger partial charge on any atom is 0.142 e. The zero-order chi connectivity index (χ0) is 22.7. The van der Waals surface area contributed by atoms with Crippen molar-refractivity contribution >= 4 is 25.3 Å². The summed E-state index contributed by atoms with van der Waals surface area (Å²) in [6.45, 7) is 12.0. The SMILES string of the molecule is CC(C)CC(C)(c1ccc2c(c1)CN(CCS)CO2)c1ccc2c(c1)CN(CCS)CO2. The standard InChI is InChI=1S/C26H36N2O2S2/c1-19(2)14-26(3,22-4-6-24-20(12-22)15-27(8-10-31)17-29-24)23-5-7-25-21(13-23)16-28(9-11-32)18-30-25/h4-7,12-13,19,31-32H,8-11,14-18H2,1-3H3. The van der Waals surface area contributed by atoms with Crippen LogP contribution in [0.25, 0.3) is 0 Å². The summed E-state index contributed by atoms with van der Waals surface area (Å²) in [6.07, 6.45) is 1.08. The lowest BCUT2D eigenvalue weighted by molar-refractivity contribution is 0.102. The number of fused-ring (bicyclic) bond motifs is 2. The molecule has 0 aromatic heterocycles. The molecule has 2 aliphatic heterocycles. The molecular formula is C26H36N2O2S2. The van der Waals surface area contributed by atoms with Crippen molar-refractivity contribution < 1.29 is 9.47 Å². The molecule has 4 rings (SSSR count). The molecule has 0 saturated carbocycles. The summed E-state index contributed by atoms with van der Waals surface area (Å²) in [4.78, 5) is 4.62. The predicted octanol–water partition coefficient (Wildman–Crippen LogP) is 5.20. The van der Waals surface area contributed by atoms with Crippen LogP contribution in [0.4, 0.5) is 0 Å². The van der Waals surface area contributed by atoms with E-state index in [0.29, 0.717) is 19.4 Å². The van der Waals surface area contributed by atoms with E-state index in [2.05, 4.69) is 92.2 Å². The molecule has 2 aliphatic rings. The molecule has 174 valence electrons. The second-order valence-corrected chi connectivity index (χ2v) is 10.6. The van der Waals surface area contributed by atoms with E-state index in [4.69, 9.17) is 9.47 Å². The van der Waals surface area contributed by atoms with Crippen molar-refractivity contribution in [2.75, 3.05) is 38.1 Å². The van der Waals surface area contributed by atoms with Crippen LogP contribution in [0.1, 0.15) is 49.4 Å². The maximum atomic E-state index is 6.02. The highest BCUT2D eigenvalue weighted by Gasteiger charge is 2.32. The molecule has 0 amide bonds. The van der Waals surface area contributed by atoms with Crippen molar-refractivity contribution in [2.24, 2.45) is 5.92 Å². The molecule has 0 unspecified atom stereocenters. The second-order valence-electron chi connectivity index (χ2n) is 9.67. The topological polar surface area (TPSA) is 24.9 Å². The molecule has 0 fully saturated rings. The van der Waals surface area contributed by atoms with Gasteiger partial charge in [-0.05, 0) is 47.7 Å². The van der Waals surface area contributed by atoms with Crippen LogP contribution in [0.3, 0.4) is 0 Å². The van der Waals surface area contributed by atoms with Crippen LogP contribution >= 0.6 is 25.3 Å². The Morgan fingerprint density at radius 2 is 1.31 bits per heavy atom. The lowest BCUT2D eigenvalue weighted by Crippen LogP contribution is -2.34. The van der Waals surface area contributed by atoms with Crippen molar-refractivity contribution in [2.45, 2.75) is 45.7 Å². The first kappa shape index (κ1) is 23.8. The van der Waals surface area contributed by atoms with Gasteiger partial charge in [-0.2, -0.15) is 25.3 Å². The maximum absolute atomic E-state index is 6.02. The Labute approximate surface area is 204 Å². The summed E-state index contributed by atoms with van der Waals surface area (Å²) in [5, 5.41) is 0. The van der Waals surface area contributed by atoms with Gasteiger partial charge in [-0.1, -0.05) is 32.9 Å². The molecule has 6 heteroatoms. The Hall–Kier alpha value is -1.34. The lowest BCUT2D eigenvalue weighted by atomic mass is 9.70. The average molecular weight is 473 g/mol. The number of hydrogen-bond acceptors (Lipinski definition) is 6. The second kappa shape index (κ2) is 10.3. The minimum absolute atomic E-state index is 0.0874. The van der Waals surface area contributed by atoms with Crippen LogP contribution in [0.2, 0.25) is 0 Å². The van der Waals surface area contributed by atoms with E-state index in [9.17, 15) is 0 Å². The highest BCUT2D eigenvalue weighted by Crippen LogP contribution is 2.42. The molecule has 0 spiro atoms. The van der Waals surface area contributed by atoms with Gasteiger partial charge in [0.15, 0.2) is 0 Å². The first-order valence-corrected chi connectivity index (χ1v) is 12.9. The van der Waals surface area contributed by atoms with Crippen molar-refractivity contribution in [3.05, 3.63) is 58.7 Å². The van der Waals surface area contributed by atoms with Gasteiger partial charge in [0.2, 0.25) is 0 Å². The van der Waals surface area contributed by atoms with Gasteiger partial charge in [0, 0.05) is 54.2 Å². The Balaban J connectivity index is 1.69. The first-order valence-electron chi connectivity index (χ1n) is 11.6. The quantitative estimate of drug-likeness (QED) is 0.516. The van der Waals surface area contributed by atoms with Crippen LogP contribution in [0, 0.1) is 5.92 Å². The van der Waals surface area contributed by atoms with Gasteiger partial charge in [0.1, 0.15) is 25.0 Å². The summed E-state index contributed by atoms with van der Waals surface area (Å²) in [5.41, 5.74) is 5.16. The molecule has 0 atom stereocenters. The van der Waals surface area contributed by atoms with E-state index >= 15 is 0 Å². The molecule has 0 saturated heterocycles. The summed E-state index contributed by atoms with van der Waals surface area (Å²) < 4.78 is 12.0. The number of ether oxygens (including phenoxy) is 2. The largest absolute Gasteiger partial charge is 0.478 e. The van der Waals surface area contributed by atoms with Crippen LogP contribution in [0.15, 0.2) is 36.4 Å². The van der Waals surface area contributed by atoms with Gasteiger partial charge in [0.25, 0.3) is 0 Å². The van der Waals surface area contributed by atoms with E-state index in [-0.39, 0.29) is 5.41 Å². The smallest absolute Gasteiger partial charge is 0.142 e. The molecule has 32 heavy (non-hydrogen) atoms.